The summed E-state index contributed by atoms with van der Waals surface area (Å²) < 4.78 is 11.6. The van der Waals surface area contributed by atoms with Crippen molar-refractivity contribution in [2.45, 2.75) is 45.1 Å². The van der Waals surface area contributed by atoms with E-state index in [9.17, 15) is 15.0 Å². The lowest BCUT2D eigenvalue weighted by atomic mass is 9.95. The van der Waals surface area contributed by atoms with Crippen molar-refractivity contribution >= 4 is 5.91 Å². The molecule has 35 heavy (non-hydrogen) atoms. The second-order valence-corrected chi connectivity index (χ2v) is 8.68. The largest absolute Gasteiger partial charge is 0.507 e. The fourth-order valence-electron chi connectivity index (χ4n) is 4.58. The van der Waals surface area contributed by atoms with E-state index in [1.807, 2.05) is 24.3 Å². The number of hydrogen-bond acceptors (Lipinski definition) is 6. The van der Waals surface area contributed by atoms with E-state index in [-0.39, 0.29) is 18.3 Å². The summed E-state index contributed by atoms with van der Waals surface area (Å²) in [6, 6.07) is 12.2. The van der Waals surface area contributed by atoms with Gasteiger partial charge in [0.25, 0.3) is 5.91 Å². The lowest BCUT2D eigenvalue weighted by Crippen LogP contribution is -2.31. The van der Waals surface area contributed by atoms with E-state index in [0.29, 0.717) is 53.6 Å². The van der Waals surface area contributed by atoms with Gasteiger partial charge in [-0.05, 0) is 42.7 Å². The molecule has 0 saturated heterocycles. The van der Waals surface area contributed by atoms with E-state index in [1.54, 1.807) is 30.2 Å². The summed E-state index contributed by atoms with van der Waals surface area (Å²) in [5.74, 6) is 1.15. The third-order valence-corrected chi connectivity index (χ3v) is 6.34. The number of H-pyrrole nitrogens is 1. The van der Waals surface area contributed by atoms with Crippen LogP contribution in [-0.4, -0.2) is 58.1 Å². The number of methoxy groups -OCH3 is 1. The van der Waals surface area contributed by atoms with Gasteiger partial charge in [0.15, 0.2) is 11.5 Å². The van der Waals surface area contributed by atoms with Crippen molar-refractivity contribution in [1.82, 2.24) is 15.1 Å². The predicted octanol–water partition coefficient (Wildman–Crippen LogP) is 4.68. The minimum atomic E-state index is -0.454. The number of fused-ring (bicyclic) bond motifs is 1. The minimum absolute atomic E-state index is 0.0247. The number of carbonyl (C=O) groups excluding carboxylic acids is 1. The molecule has 8 heteroatoms. The van der Waals surface area contributed by atoms with Crippen LogP contribution in [0.5, 0.6) is 17.2 Å². The molecule has 0 aliphatic carbocycles. The van der Waals surface area contributed by atoms with Crippen molar-refractivity contribution in [2.75, 3.05) is 26.9 Å². The highest BCUT2D eigenvalue weighted by molar-refractivity contribution is 6.00. The molecule has 0 spiro atoms. The maximum absolute atomic E-state index is 13.3. The molecule has 0 unspecified atom stereocenters. The molecule has 1 aliphatic rings. The van der Waals surface area contributed by atoms with Crippen LogP contribution in [0.1, 0.15) is 66.7 Å². The van der Waals surface area contributed by atoms with Gasteiger partial charge in [-0.25, -0.2) is 0 Å². The van der Waals surface area contributed by atoms with Crippen LogP contribution < -0.4 is 9.47 Å². The molecule has 8 nitrogen and oxygen atoms in total. The molecule has 2 aromatic carbocycles. The van der Waals surface area contributed by atoms with E-state index in [0.717, 1.165) is 18.4 Å². The normalized spacial score (nSPS) is 14.9. The molecule has 186 valence electrons. The number of aromatic amines is 1. The molecule has 1 aromatic heterocycles. The fourth-order valence-corrected chi connectivity index (χ4v) is 4.58. The Balaban J connectivity index is 1.71. The smallest absolute Gasteiger partial charge is 0.273 e. The van der Waals surface area contributed by atoms with Crippen LogP contribution in [0.25, 0.3) is 11.3 Å². The summed E-state index contributed by atoms with van der Waals surface area (Å²) in [6.45, 7) is 3.14. The Labute approximate surface area is 205 Å². The van der Waals surface area contributed by atoms with Crippen LogP contribution in [0.3, 0.4) is 0 Å². The molecule has 3 aromatic rings. The molecule has 2 heterocycles. The summed E-state index contributed by atoms with van der Waals surface area (Å²) >= 11 is 0. The monoisotopic (exact) mass is 479 g/mol. The first kappa shape index (κ1) is 24.6. The SMILES string of the molecule is CCCCCCOc1ccc([C@@H]2c3c(-c4ccccc4O)n[nH]c3C(=O)N2CCCO)cc1OC. The minimum Gasteiger partial charge on any atom is -0.507 e. The number of nitrogens with zero attached hydrogens (tertiary/aromatic N) is 2. The molecule has 3 N–H and O–H groups in total. The number of aromatic hydroxyl groups is 1. The number of amides is 1. The number of nitrogens with one attached hydrogen (secondary N) is 1. The Bertz CT molecular complexity index is 1160. The van der Waals surface area contributed by atoms with E-state index in [2.05, 4.69) is 17.1 Å². The molecule has 0 fully saturated rings. The number of phenolic OH excluding ortho intramolecular Hbond substituents is 1. The second kappa shape index (κ2) is 11.3. The Kier molecular flexibility index (Phi) is 7.92. The van der Waals surface area contributed by atoms with Crippen LogP contribution in [0.4, 0.5) is 0 Å². The van der Waals surface area contributed by atoms with Crippen LogP contribution in [0.2, 0.25) is 0 Å². The van der Waals surface area contributed by atoms with Crippen molar-refractivity contribution in [3.05, 3.63) is 59.3 Å². The van der Waals surface area contributed by atoms with Crippen molar-refractivity contribution in [2.24, 2.45) is 0 Å². The van der Waals surface area contributed by atoms with Gasteiger partial charge in [-0.3, -0.25) is 9.89 Å². The standard InChI is InChI=1S/C27H33N3O5/c1-3-4-5-8-16-35-21-13-12-18(17-22(21)34-2)26-23-24(19-10-6-7-11-20(19)32)28-29-25(23)27(33)30(26)14-9-15-31/h6-7,10-13,17,26,31-32H,3-5,8-9,14-16H2,1-2H3,(H,28,29)/t26-/m1/s1. The highest BCUT2D eigenvalue weighted by atomic mass is 16.5. The fraction of sp³-hybridized carbons (Fsp3) is 0.407. The lowest BCUT2D eigenvalue weighted by Gasteiger charge is -2.27. The quantitative estimate of drug-likeness (QED) is 0.326. The Hall–Kier alpha value is -3.52. The highest BCUT2D eigenvalue weighted by Crippen LogP contribution is 2.45. The Morgan fingerprint density at radius 3 is 2.66 bits per heavy atom. The van der Waals surface area contributed by atoms with Crippen molar-refractivity contribution < 1.29 is 24.5 Å². The number of rotatable bonds is 12. The number of aliphatic hydroxyl groups excluding tert-OH is 1. The number of ether oxygens (including phenoxy) is 2. The van der Waals surface area contributed by atoms with Crippen molar-refractivity contribution in [1.29, 1.82) is 0 Å². The van der Waals surface area contributed by atoms with Gasteiger partial charge < -0.3 is 24.6 Å². The molecule has 4 rings (SSSR count). The van der Waals surface area contributed by atoms with Crippen LogP contribution in [-0.2, 0) is 0 Å². The topological polar surface area (TPSA) is 108 Å². The zero-order chi connectivity index (χ0) is 24.8. The number of phenols is 1. The first-order valence-electron chi connectivity index (χ1n) is 12.2. The number of benzene rings is 2. The molecule has 1 aliphatic heterocycles. The van der Waals surface area contributed by atoms with Crippen molar-refractivity contribution in [3.8, 4) is 28.5 Å². The van der Waals surface area contributed by atoms with Gasteiger partial charge in [0.05, 0.1) is 19.8 Å². The maximum atomic E-state index is 13.3. The predicted molar refractivity (Wildman–Crippen MR) is 133 cm³/mol. The van der Waals surface area contributed by atoms with Crippen LogP contribution in [0, 0.1) is 0 Å². The number of unbranched alkanes of at least 4 members (excludes halogenated alkanes) is 3. The number of carbonyl (C=O) groups is 1. The average molecular weight is 480 g/mol. The summed E-state index contributed by atoms with van der Waals surface area (Å²) in [5, 5.41) is 27.2. The van der Waals surface area contributed by atoms with Gasteiger partial charge in [0.2, 0.25) is 0 Å². The van der Waals surface area contributed by atoms with E-state index < -0.39 is 6.04 Å². The summed E-state index contributed by atoms with van der Waals surface area (Å²) in [7, 11) is 1.60. The average Bonchev–Trinajstić information content (AvgIpc) is 3.41. The highest BCUT2D eigenvalue weighted by Gasteiger charge is 2.42. The van der Waals surface area contributed by atoms with E-state index in [4.69, 9.17) is 9.47 Å². The molecule has 0 saturated carbocycles. The number of aliphatic hydroxyl groups is 1. The molecule has 0 bridgehead atoms. The molecule has 0 radical (unpaired) electrons. The number of para-hydroxylation sites is 1. The summed E-state index contributed by atoms with van der Waals surface area (Å²) in [6.07, 6.45) is 4.91. The zero-order valence-corrected chi connectivity index (χ0v) is 20.3. The maximum Gasteiger partial charge on any atom is 0.273 e. The van der Waals surface area contributed by atoms with Gasteiger partial charge in [-0.15, -0.1) is 0 Å². The Morgan fingerprint density at radius 2 is 1.91 bits per heavy atom. The summed E-state index contributed by atoms with van der Waals surface area (Å²) in [5.41, 5.74) is 3.00. The van der Waals surface area contributed by atoms with Gasteiger partial charge in [-0.1, -0.05) is 44.4 Å². The van der Waals surface area contributed by atoms with E-state index in [1.165, 1.54) is 12.8 Å². The molecular weight excluding hydrogens is 446 g/mol. The molecule has 1 atom stereocenters. The van der Waals surface area contributed by atoms with Gasteiger partial charge >= 0.3 is 0 Å². The number of aromatic nitrogens is 2. The molecular formula is C27H33N3O5. The Morgan fingerprint density at radius 1 is 1.09 bits per heavy atom. The van der Waals surface area contributed by atoms with Crippen LogP contribution in [0.15, 0.2) is 42.5 Å². The number of hydrogen-bond donors (Lipinski definition) is 3. The van der Waals surface area contributed by atoms with Gasteiger partial charge in [0.1, 0.15) is 17.1 Å². The summed E-state index contributed by atoms with van der Waals surface area (Å²) in [4.78, 5) is 15.0. The third kappa shape index (κ3) is 4.98. The lowest BCUT2D eigenvalue weighted by molar-refractivity contribution is 0.0732. The van der Waals surface area contributed by atoms with Gasteiger partial charge in [-0.2, -0.15) is 5.10 Å². The van der Waals surface area contributed by atoms with Crippen LogP contribution >= 0.6 is 0 Å². The first-order chi connectivity index (χ1) is 17.1. The first-order valence-corrected chi connectivity index (χ1v) is 12.2. The zero-order valence-electron chi connectivity index (χ0n) is 20.3. The van der Waals surface area contributed by atoms with E-state index >= 15 is 0 Å². The second-order valence-electron chi connectivity index (χ2n) is 8.68. The molecule has 1 amide bonds. The third-order valence-electron chi connectivity index (χ3n) is 6.34. The van der Waals surface area contributed by atoms with Gasteiger partial charge in [0, 0.05) is 24.3 Å². The van der Waals surface area contributed by atoms with Crippen molar-refractivity contribution in [3.63, 3.8) is 0 Å².